The third-order valence-corrected chi connectivity index (χ3v) is 4.63. The summed E-state index contributed by atoms with van der Waals surface area (Å²) >= 11 is 0. The molecule has 0 atom stereocenters. The first-order valence-electron chi connectivity index (χ1n) is 8.73. The zero-order chi connectivity index (χ0) is 20.1. The predicted octanol–water partition coefficient (Wildman–Crippen LogP) is 2.90. The molecule has 1 aromatic heterocycles. The lowest BCUT2D eigenvalue weighted by atomic mass is 10.2. The van der Waals surface area contributed by atoms with Gasteiger partial charge in [-0.15, -0.1) is 0 Å². The van der Waals surface area contributed by atoms with Gasteiger partial charge in [-0.3, -0.25) is 9.52 Å². The zero-order valence-corrected chi connectivity index (χ0v) is 16.5. The van der Waals surface area contributed by atoms with Gasteiger partial charge in [0, 0.05) is 24.6 Å². The molecule has 0 saturated heterocycles. The maximum Gasteiger partial charge on any atom is 0.229 e. The molecule has 0 saturated carbocycles. The molecule has 0 radical (unpaired) electrons. The minimum absolute atomic E-state index is 0.137. The Kier molecular flexibility index (Phi) is 5.84. The van der Waals surface area contributed by atoms with Gasteiger partial charge in [0.1, 0.15) is 11.6 Å². The van der Waals surface area contributed by atoms with E-state index in [1.165, 1.54) is 7.11 Å². The van der Waals surface area contributed by atoms with E-state index in [1.54, 1.807) is 18.2 Å². The number of para-hydroxylation sites is 2. The second-order valence-electron chi connectivity index (χ2n) is 6.39. The number of aryl methyl sites for hydroxylation is 1. The number of carbonyl (C=O) groups excluding carboxylic acids is 1. The summed E-state index contributed by atoms with van der Waals surface area (Å²) < 4.78 is 30.3. The van der Waals surface area contributed by atoms with Crippen molar-refractivity contribution in [3.05, 3.63) is 48.3 Å². The Hall–Kier alpha value is -3.07. The lowest BCUT2D eigenvalue weighted by molar-refractivity contribution is -0.116. The highest BCUT2D eigenvalue weighted by molar-refractivity contribution is 7.92. The number of aromatic nitrogens is 2. The summed E-state index contributed by atoms with van der Waals surface area (Å²) in [5.74, 6) is 1.04. The molecule has 148 valence electrons. The number of methoxy groups -OCH3 is 1. The van der Waals surface area contributed by atoms with Crippen LogP contribution in [0.3, 0.4) is 0 Å². The highest BCUT2D eigenvalue weighted by Crippen LogP contribution is 2.28. The van der Waals surface area contributed by atoms with E-state index in [2.05, 4.69) is 20.0 Å². The Morgan fingerprint density at radius 2 is 2.00 bits per heavy atom. The third kappa shape index (κ3) is 5.23. The number of ether oxygens (including phenoxy) is 1. The number of anilines is 2. The molecular weight excluding hydrogens is 380 g/mol. The number of hydrogen-bond acceptors (Lipinski definition) is 5. The summed E-state index contributed by atoms with van der Waals surface area (Å²) in [7, 11) is -1.99. The van der Waals surface area contributed by atoms with Crippen LogP contribution in [0.2, 0.25) is 0 Å². The van der Waals surface area contributed by atoms with Crippen LogP contribution in [0.4, 0.5) is 11.4 Å². The van der Waals surface area contributed by atoms with Crippen LogP contribution >= 0.6 is 0 Å². The smallest absolute Gasteiger partial charge is 0.229 e. The van der Waals surface area contributed by atoms with E-state index in [-0.39, 0.29) is 5.91 Å². The fraction of sp³-hybridized carbons (Fsp3) is 0.263. The van der Waals surface area contributed by atoms with E-state index in [9.17, 15) is 13.2 Å². The number of carbonyl (C=O) groups is 1. The number of benzene rings is 2. The van der Waals surface area contributed by atoms with Crippen molar-refractivity contribution in [2.24, 2.45) is 0 Å². The SMILES string of the molecule is COc1cc(NC(=O)CCCc2nc3ccccc3[nH]2)ccc1NS(C)(=O)=O. The molecule has 2 aromatic carbocycles. The van der Waals surface area contributed by atoms with Crippen molar-refractivity contribution in [1.29, 1.82) is 0 Å². The van der Waals surface area contributed by atoms with E-state index in [0.717, 1.165) is 23.1 Å². The Balaban J connectivity index is 1.55. The average Bonchev–Trinajstić information content (AvgIpc) is 3.04. The minimum Gasteiger partial charge on any atom is -0.494 e. The molecule has 1 amide bonds. The third-order valence-electron chi connectivity index (χ3n) is 4.04. The Morgan fingerprint density at radius 1 is 1.21 bits per heavy atom. The molecule has 0 aliphatic heterocycles. The van der Waals surface area contributed by atoms with Crippen LogP contribution in [0.1, 0.15) is 18.7 Å². The molecule has 0 spiro atoms. The number of H-pyrrole nitrogens is 1. The van der Waals surface area contributed by atoms with Crippen LogP contribution in [-0.4, -0.2) is 37.7 Å². The summed E-state index contributed by atoms with van der Waals surface area (Å²) in [4.78, 5) is 19.9. The largest absolute Gasteiger partial charge is 0.494 e. The first kappa shape index (κ1) is 19.7. The number of aromatic amines is 1. The highest BCUT2D eigenvalue weighted by Gasteiger charge is 2.11. The molecule has 0 bridgehead atoms. The molecule has 3 rings (SSSR count). The molecular formula is C19H22N4O4S. The molecule has 28 heavy (non-hydrogen) atoms. The van der Waals surface area contributed by atoms with Crippen LogP contribution in [0.25, 0.3) is 11.0 Å². The Morgan fingerprint density at radius 3 is 2.71 bits per heavy atom. The maximum atomic E-state index is 12.2. The van der Waals surface area contributed by atoms with Crippen molar-refractivity contribution < 1.29 is 17.9 Å². The normalized spacial score (nSPS) is 11.4. The van der Waals surface area contributed by atoms with Gasteiger partial charge in [0.05, 0.1) is 30.1 Å². The van der Waals surface area contributed by atoms with E-state index < -0.39 is 10.0 Å². The second kappa shape index (κ2) is 8.30. The zero-order valence-electron chi connectivity index (χ0n) is 15.7. The number of amides is 1. The van der Waals surface area contributed by atoms with E-state index in [0.29, 0.717) is 36.4 Å². The van der Waals surface area contributed by atoms with Crippen molar-refractivity contribution in [2.45, 2.75) is 19.3 Å². The summed E-state index contributed by atoms with van der Waals surface area (Å²) in [5.41, 5.74) is 2.74. The minimum atomic E-state index is -3.42. The van der Waals surface area contributed by atoms with E-state index in [1.807, 2.05) is 24.3 Å². The van der Waals surface area contributed by atoms with Crippen molar-refractivity contribution in [1.82, 2.24) is 9.97 Å². The van der Waals surface area contributed by atoms with Crippen LogP contribution in [0.15, 0.2) is 42.5 Å². The van der Waals surface area contributed by atoms with Gasteiger partial charge in [0.2, 0.25) is 15.9 Å². The van der Waals surface area contributed by atoms with Gasteiger partial charge in [-0.1, -0.05) is 12.1 Å². The van der Waals surface area contributed by atoms with Crippen LogP contribution in [0.5, 0.6) is 5.75 Å². The van der Waals surface area contributed by atoms with Crippen LogP contribution < -0.4 is 14.8 Å². The van der Waals surface area contributed by atoms with Crippen molar-refractivity contribution in [3.63, 3.8) is 0 Å². The van der Waals surface area contributed by atoms with Crippen LogP contribution in [0, 0.1) is 0 Å². The van der Waals surface area contributed by atoms with Gasteiger partial charge in [-0.05, 0) is 30.7 Å². The van der Waals surface area contributed by atoms with Crippen molar-refractivity contribution in [3.8, 4) is 5.75 Å². The molecule has 0 unspecified atom stereocenters. The number of nitrogens with one attached hydrogen (secondary N) is 3. The van der Waals surface area contributed by atoms with E-state index in [4.69, 9.17) is 4.74 Å². The Bertz CT molecular complexity index is 1060. The van der Waals surface area contributed by atoms with Gasteiger partial charge < -0.3 is 15.0 Å². The lowest BCUT2D eigenvalue weighted by Crippen LogP contribution is -2.13. The van der Waals surface area contributed by atoms with Gasteiger partial charge in [-0.25, -0.2) is 13.4 Å². The predicted molar refractivity (Wildman–Crippen MR) is 109 cm³/mol. The Labute approximate surface area is 163 Å². The van der Waals surface area contributed by atoms with Crippen molar-refractivity contribution in [2.75, 3.05) is 23.4 Å². The van der Waals surface area contributed by atoms with Gasteiger partial charge >= 0.3 is 0 Å². The second-order valence-corrected chi connectivity index (χ2v) is 8.14. The first-order valence-corrected chi connectivity index (χ1v) is 10.6. The number of fused-ring (bicyclic) bond motifs is 1. The lowest BCUT2D eigenvalue weighted by Gasteiger charge is -2.12. The molecule has 9 heteroatoms. The highest BCUT2D eigenvalue weighted by atomic mass is 32.2. The number of hydrogen-bond donors (Lipinski definition) is 3. The molecule has 0 fully saturated rings. The number of rotatable bonds is 8. The van der Waals surface area contributed by atoms with Crippen LogP contribution in [-0.2, 0) is 21.2 Å². The molecule has 0 aliphatic carbocycles. The molecule has 1 heterocycles. The summed E-state index contributed by atoms with van der Waals surface area (Å²) in [6.45, 7) is 0. The number of sulfonamides is 1. The van der Waals surface area contributed by atoms with E-state index >= 15 is 0 Å². The van der Waals surface area contributed by atoms with Gasteiger partial charge in [0.15, 0.2) is 0 Å². The monoisotopic (exact) mass is 402 g/mol. The van der Waals surface area contributed by atoms with Gasteiger partial charge in [0.25, 0.3) is 0 Å². The first-order chi connectivity index (χ1) is 13.3. The van der Waals surface area contributed by atoms with Gasteiger partial charge in [-0.2, -0.15) is 0 Å². The molecule has 8 nitrogen and oxygen atoms in total. The molecule has 3 aromatic rings. The summed E-state index contributed by atoms with van der Waals surface area (Å²) in [6, 6.07) is 12.5. The molecule has 0 aliphatic rings. The topological polar surface area (TPSA) is 113 Å². The summed E-state index contributed by atoms with van der Waals surface area (Å²) in [6.07, 6.45) is 2.71. The maximum absolute atomic E-state index is 12.2. The fourth-order valence-corrected chi connectivity index (χ4v) is 3.39. The quantitative estimate of drug-likeness (QED) is 0.536. The standard InChI is InChI=1S/C19H22N4O4S/c1-27-17-12-13(10-11-16(17)23-28(2,25)26)20-19(24)9-5-8-18-21-14-6-3-4-7-15(14)22-18/h3-4,6-7,10-12,23H,5,8-9H2,1-2H3,(H,20,24)(H,21,22). The average molecular weight is 402 g/mol. The fourth-order valence-electron chi connectivity index (χ4n) is 2.82. The number of nitrogens with zero attached hydrogens (tertiary/aromatic N) is 1. The number of imidazole rings is 1. The van der Waals surface area contributed by atoms with Crippen molar-refractivity contribution >= 4 is 38.3 Å². The molecule has 3 N–H and O–H groups in total. The summed E-state index contributed by atoms with van der Waals surface area (Å²) in [5, 5.41) is 2.79.